The van der Waals surface area contributed by atoms with Gasteiger partial charge in [0, 0.05) is 6.20 Å². The molecule has 0 aliphatic carbocycles. The summed E-state index contributed by atoms with van der Waals surface area (Å²) in [5, 5.41) is 0. The molecular weight excluding hydrogens is 224 g/mol. The van der Waals surface area contributed by atoms with Crippen LogP contribution in [0.4, 0.5) is 0 Å². The monoisotopic (exact) mass is 242 g/mol. The zero-order valence-corrected chi connectivity index (χ0v) is 10.9. The summed E-state index contributed by atoms with van der Waals surface area (Å²) in [6, 6.07) is 6.17. The first-order chi connectivity index (χ1) is 8.61. The van der Waals surface area contributed by atoms with E-state index >= 15 is 0 Å². The molecule has 3 N–H and O–H groups in total. The first-order valence-electron chi connectivity index (χ1n) is 5.93. The van der Waals surface area contributed by atoms with E-state index in [-0.39, 0.29) is 6.04 Å². The summed E-state index contributed by atoms with van der Waals surface area (Å²) >= 11 is 0. The number of nitrogens with one attached hydrogen (secondary N) is 1. The molecule has 1 unspecified atom stereocenters. The van der Waals surface area contributed by atoms with E-state index in [1.54, 1.807) is 12.4 Å². The molecule has 2 aromatic rings. The normalized spacial score (nSPS) is 12.4. The summed E-state index contributed by atoms with van der Waals surface area (Å²) < 4.78 is 0. The molecule has 0 amide bonds. The van der Waals surface area contributed by atoms with E-state index in [4.69, 9.17) is 5.84 Å². The number of rotatable bonds is 3. The van der Waals surface area contributed by atoms with Crippen LogP contribution in [0.1, 0.15) is 34.1 Å². The fraction of sp³-hybridized carbons (Fsp3) is 0.286. The highest BCUT2D eigenvalue weighted by molar-refractivity contribution is 5.36. The van der Waals surface area contributed by atoms with E-state index in [2.05, 4.69) is 47.4 Å². The third-order valence-electron chi connectivity index (χ3n) is 3.00. The van der Waals surface area contributed by atoms with Gasteiger partial charge in [-0.05, 0) is 31.9 Å². The van der Waals surface area contributed by atoms with Gasteiger partial charge >= 0.3 is 0 Å². The molecule has 0 saturated heterocycles. The predicted octanol–water partition coefficient (Wildman–Crippen LogP) is 1.95. The SMILES string of the molecule is Cc1ccc(C(NN)c2cnc(C)cn2)c(C)c1. The smallest absolute Gasteiger partial charge is 0.0899 e. The van der Waals surface area contributed by atoms with Gasteiger partial charge in [-0.1, -0.05) is 23.8 Å². The van der Waals surface area contributed by atoms with Gasteiger partial charge in [0.25, 0.3) is 0 Å². The molecular formula is C14H18N4. The summed E-state index contributed by atoms with van der Waals surface area (Å²) in [5.41, 5.74) is 8.10. The molecule has 2 rings (SSSR count). The van der Waals surface area contributed by atoms with Crippen molar-refractivity contribution in [3.8, 4) is 0 Å². The fourth-order valence-electron chi connectivity index (χ4n) is 2.04. The van der Waals surface area contributed by atoms with Crippen molar-refractivity contribution >= 4 is 0 Å². The summed E-state index contributed by atoms with van der Waals surface area (Å²) in [6.45, 7) is 6.07. The average Bonchev–Trinajstić information content (AvgIpc) is 2.35. The summed E-state index contributed by atoms with van der Waals surface area (Å²) in [4.78, 5) is 8.65. The van der Waals surface area contributed by atoms with E-state index in [1.807, 2.05) is 6.92 Å². The Hall–Kier alpha value is -1.78. The molecule has 1 heterocycles. The zero-order valence-electron chi connectivity index (χ0n) is 10.9. The molecule has 1 aromatic heterocycles. The van der Waals surface area contributed by atoms with E-state index in [1.165, 1.54) is 11.1 Å². The lowest BCUT2D eigenvalue weighted by Gasteiger charge is -2.18. The Morgan fingerprint density at radius 2 is 1.89 bits per heavy atom. The second-order valence-corrected chi connectivity index (χ2v) is 4.54. The molecule has 0 saturated carbocycles. The molecule has 0 fully saturated rings. The largest absolute Gasteiger partial charge is 0.271 e. The molecule has 1 aromatic carbocycles. The maximum absolute atomic E-state index is 5.66. The Kier molecular flexibility index (Phi) is 3.69. The molecule has 0 aliphatic rings. The highest BCUT2D eigenvalue weighted by Gasteiger charge is 2.16. The lowest BCUT2D eigenvalue weighted by atomic mass is 9.97. The van der Waals surface area contributed by atoms with Crippen LogP contribution in [-0.2, 0) is 0 Å². The Morgan fingerprint density at radius 3 is 2.44 bits per heavy atom. The van der Waals surface area contributed by atoms with Crippen molar-refractivity contribution in [1.29, 1.82) is 0 Å². The predicted molar refractivity (Wildman–Crippen MR) is 71.9 cm³/mol. The fourth-order valence-corrected chi connectivity index (χ4v) is 2.04. The molecule has 0 aliphatic heterocycles. The molecule has 0 radical (unpaired) electrons. The lowest BCUT2D eigenvalue weighted by Crippen LogP contribution is -2.30. The Bertz CT molecular complexity index is 534. The molecule has 0 bridgehead atoms. The number of benzene rings is 1. The highest BCUT2D eigenvalue weighted by Crippen LogP contribution is 2.23. The standard InChI is InChI=1S/C14H18N4/c1-9-4-5-12(10(2)6-9)14(18-15)13-8-16-11(3)7-17-13/h4-8,14,18H,15H2,1-3H3. The van der Waals surface area contributed by atoms with Gasteiger partial charge in [-0.3, -0.25) is 15.8 Å². The maximum atomic E-state index is 5.66. The number of hydrogen-bond donors (Lipinski definition) is 2. The number of aromatic nitrogens is 2. The molecule has 4 heteroatoms. The van der Waals surface area contributed by atoms with Crippen molar-refractivity contribution in [3.63, 3.8) is 0 Å². The Labute approximate surface area is 107 Å². The van der Waals surface area contributed by atoms with Crippen LogP contribution in [0, 0.1) is 20.8 Å². The Morgan fingerprint density at radius 1 is 1.11 bits per heavy atom. The van der Waals surface area contributed by atoms with Gasteiger partial charge in [0.05, 0.1) is 23.6 Å². The second kappa shape index (κ2) is 5.25. The third-order valence-corrected chi connectivity index (χ3v) is 3.00. The first-order valence-corrected chi connectivity index (χ1v) is 5.93. The van der Waals surface area contributed by atoms with E-state index in [9.17, 15) is 0 Å². The van der Waals surface area contributed by atoms with Crippen molar-refractivity contribution in [2.45, 2.75) is 26.8 Å². The molecule has 1 atom stereocenters. The van der Waals surface area contributed by atoms with Crippen molar-refractivity contribution in [2.24, 2.45) is 5.84 Å². The van der Waals surface area contributed by atoms with Crippen LogP contribution in [0.2, 0.25) is 0 Å². The number of nitrogens with two attached hydrogens (primary N) is 1. The van der Waals surface area contributed by atoms with Gasteiger partial charge in [-0.2, -0.15) is 0 Å². The zero-order chi connectivity index (χ0) is 13.1. The van der Waals surface area contributed by atoms with Gasteiger partial charge < -0.3 is 0 Å². The van der Waals surface area contributed by atoms with Gasteiger partial charge in [-0.25, -0.2) is 5.43 Å². The maximum Gasteiger partial charge on any atom is 0.0899 e. The minimum Gasteiger partial charge on any atom is -0.271 e. The van der Waals surface area contributed by atoms with Crippen molar-refractivity contribution in [1.82, 2.24) is 15.4 Å². The number of nitrogens with zero attached hydrogens (tertiary/aromatic N) is 2. The third kappa shape index (κ3) is 2.55. The van der Waals surface area contributed by atoms with E-state index in [0.717, 1.165) is 17.0 Å². The first kappa shape index (κ1) is 12.7. The molecule has 18 heavy (non-hydrogen) atoms. The van der Waals surface area contributed by atoms with Crippen LogP contribution in [0.3, 0.4) is 0 Å². The lowest BCUT2D eigenvalue weighted by molar-refractivity contribution is 0.614. The number of hydrogen-bond acceptors (Lipinski definition) is 4. The summed E-state index contributed by atoms with van der Waals surface area (Å²) in [5.74, 6) is 5.66. The quantitative estimate of drug-likeness (QED) is 0.638. The van der Waals surface area contributed by atoms with Gasteiger partial charge in [0.15, 0.2) is 0 Å². The molecule has 4 nitrogen and oxygen atoms in total. The van der Waals surface area contributed by atoms with E-state index in [0.29, 0.717) is 0 Å². The average molecular weight is 242 g/mol. The van der Waals surface area contributed by atoms with Crippen LogP contribution < -0.4 is 11.3 Å². The summed E-state index contributed by atoms with van der Waals surface area (Å²) in [7, 11) is 0. The number of hydrazine groups is 1. The molecule has 94 valence electrons. The second-order valence-electron chi connectivity index (χ2n) is 4.54. The van der Waals surface area contributed by atoms with Gasteiger partial charge in [0.2, 0.25) is 0 Å². The van der Waals surface area contributed by atoms with Crippen molar-refractivity contribution < 1.29 is 0 Å². The Balaban J connectivity index is 2.41. The number of aryl methyl sites for hydroxylation is 3. The topological polar surface area (TPSA) is 63.8 Å². The minimum atomic E-state index is -0.126. The van der Waals surface area contributed by atoms with Crippen LogP contribution >= 0.6 is 0 Å². The van der Waals surface area contributed by atoms with Crippen LogP contribution in [0.5, 0.6) is 0 Å². The summed E-state index contributed by atoms with van der Waals surface area (Å²) in [6.07, 6.45) is 3.52. The van der Waals surface area contributed by atoms with E-state index < -0.39 is 0 Å². The van der Waals surface area contributed by atoms with Crippen LogP contribution in [-0.4, -0.2) is 9.97 Å². The van der Waals surface area contributed by atoms with Gasteiger partial charge in [-0.15, -0.1) is 0 Å². The highest BCUT2D eigenvalue weighted by atomic mass is 15.2. The van der Waals surface area contributed by atoms with Crippen molar-refractivity contribution in [3.05, 3.63) is 58.7 Å². The minimum absolute atomic E-state index is 0.126. The van der Waals surface area contributed by atoms with Crippen LogP contribution in [0.15, 0.2) is 30.6 Å². The molecule has 0 spiro atoms. The van der Waals surface area contributed by atoms with Crippen LogP contribution in [0.25, 0.3) is 0 Å². The van der Waals surface area contributed by atoms with Crippen molar-refractivity contribution in [2.75, 3.05) is 0 Å². The van der Waals surface area contributed by atoms with Gasteiger partial charge in [0.1, 0.15) is 0 Å².